The highest BCUT2D eigenvalue weighted by Crippen LogP contribution is 2.47. The van der Waals surface area contributed by atoms with Crippen LogP contribution in [0.5, 0.6) is 0 Å². The molecule has 0 bridgehead atoms. The Balaban J connectivity index is 1.98. The summed E-state index contributed by atoms with van der Waals surface area (Å²) in [6.45, 7) is 8.11. The van der Waals surface area contributed by atoms with Gasteiger partial charge in [-0.3, -0.25) is 9.59 Å². The van der Waals surface area contributed by atoms with Crippen molar-refractivity contribution in [1.82, 2.24) is 10.2 Å². The van der Waals surface area contributed by atoms with E-state index in [2.05, 4.69) is 25.2 Å². The van der Waals surface area contributed by atoms with Gasteiger partial charge in [-0.2, -0.15) is 0 Å². The van der Waals surface area contributed by atoms with Gasteiger partial charge in [0, 0.05) is 19.6 Å². The highest BCUT2D eigenvalue weighted by atomic mass is 16.2. The molecule has 0 unspecified atom stereocenters. The molecule has 0 aromatic heterocycles. The molecule has 4 nitrogen and oxygen atoms in total. The van der Waals surface area contributed by atoms with Crippen LogP contribution < -0.4 is 5.32 Å². The molecule has 0 heterocycles. The molecule has 0 atom stereocenters. The molecule has 2 rings (SSSR count). The summed E-state index contributed by atoms with van der Waals surface area (Å²) >= 11 is 0. The van der Waals surface area contributed by atoms with Gasteiger partial charge in [-0.15, -0.1) is 0 Å². The Kier molecular flexibility index (Phi) is 5.80. The normalized spacial score (nSPS) is 15.1. The smallest absolute Gasteiger partial charge is 0.238 e. The summed E-state index contributed by atoms with van der Waals surface area (Å²) in [5.41, 5.74) is 1.44. The Bertz CT molecular complexity index is 558. The number of benzene rings is 1. The van der Waals surface area contributed by atoms with Crippen LogP contribution in [0.25, 0.3) is 0 Å². The van der Waals surface area contributed by atoms with Gasteiger partial charge in [-0.25, -0.2) is 0 Å². The van der Waals surface area contributed by atoms with Crippen molar-refractivity contribution < 1.29 is 9.59 Å². The third-order valence-electron chi connectivity index (χ3n) is 4.40. The molecular formula is C19H28N2O2. The first-order valence-corrected chi connectivity index (χ1v) is 8.66. The Morgan fingerprint density at radius 2 is 1.83 bits per heavy atom. The van der Waals surface area contributed by atoms with Gasteiger partial charge in [0.05, 0.1) is 0 Å². The molecule has 1 aromatic rings. The zero-order valence-electron chi connectivity index (χ0n) is 14.5. The summed E-state index contributed by atoms with van der Waals surface area (Å²) in [5, 5.41) is 2.96. The third-order valence-corrected chi connectivity index (χ3v) is 4.40. The van der Waals surface area contributed by atoms with E-state index in [1.165, 1.54) is 5.56 Å². The van der Waals surface area contributed by atoms with Crippen molar-refractivity contribution in [3.05, 3.63) is 35.4 Å². The van der Waals surface area contributed by atoms with Crippen LogP contribution in [-0.2, 0) is 16.1 Å². The fourth-order valence-corrected chi connectivity index (χ4v) is 2.99. The fourth-order valence-electron chi connectivity index (χ4n) is 2.99. The van der Waals surface area contributed by atoms with Crippen LogP contribution in [0.4, 0.5) is 0 Å². The quantitative estimate of drug-likeness (QED) is 0.749. The van der Waals surface area contributed by atoms with E-state index in [9.17, 15) is 9.59 Å². The highest BCUT2D eigenvalue weighted by molar-refractivity contribution is 6.07. The van der Waals surface area contributed by atoms with Gasteiger partial charge in [0.2, 0.25) is 11.8 Å². The molecule has 1 aliphatic carbocycles. The monoisotopic (exact) mass is 316 g/mol. The average Bonchev–Trinajstić information content (AvgIpc) is 3.33. The second-order valence-electron chi connectivity index (χ2n) is 6.55. The number of nitrogens with zero attached hydrogens (tertiary/aromatic N) is 1. The Morgan fingerprint density at radius 1 is 1.17 bits per heavy atom. The van der Waals surface area contributed by atoms with E-state index < -0.39 is 5.41 Å². The standard InChI is InChI=1S/C19H28N2O2/c1-4-11-21(12-5-2)18(23)19(9-10-19)17(22)20-14-16-8-6-7-15(3)13-16/h6-8,13H,4-5,9-12,14H2,1-3H3,(H,20,22). The SMILES string of the molecule is CCCN(CCC)C(=O)C1(C(=O)NCc2cccc(C)c2)CC1. The van der Waals surface area contributed by atoms with Crippen LogP contribution in [0.1, 0.15) is 50.7 Å². The summed E-state index contributed by atoms with van der Waals surface area (Å²) in [4.78, 5) is 27.2. The van der Waals surface area contributed by atoms with E-state index in [0.717, 1.165) is 31.5 Å². The number of carbonyl (C=O) groups is 2. The van der Waals surface area contributed by atoms with E-state index in [0.29, 0.717) is 19.4 Å². The number of rotatable bonds is 8. The van der Waals surface area contributed by atoms with Crippen molar-refractivity contribution in [3.63, 3.8) is 0 Å². The van der Waals surface area contributed by atoms with Crippen molar-refractivity contribution >= 4 is 11.8 Å². The van der Waals surface area contributed by atoms with Crippen LogP contribution >= 0.6 is 0 Å². The van der Waals surface area contributed by atoms with Crippen LogP contribution in [0.2, 0.25) is 0 Å². The second kappa shape index (κ2) is 7.62. The van der Waals surface area contributed by atoms with Gasteiger partial charge < -0.3 is 10.2 Å². The maximum absolute atomic E-state index is 12.8. The minimum absolute atomic E-state index is 0.0166. The van der Waals surface area contributed by atoms with Crippen molar-refractivity contribution in [3.8, 4) is 0 Å². The molecule has 1 saturated carbocycles. The predicted octanol–water partition coefficient (Wildman–Crippen LogP) is 3.04. The largest absolute Gasteiger partial charge is 0.351 e. The number of aryl methyl sites for hydroxylation is 1. The van der Waals surface area contributed by atoms with E-state index in [-0.39, 0.29) is 11.8 Å². The molecule has 1 N–H and O–H groups in total. The average molecular weight is 316 g/mol. The summed E-state index contributed by atoms with van der Waals surface area (Å²) < 4.78 is 0. The van der Waals surface area contributed by atoms with E-state index in [1.807, 2.05) is 30.0 Å². The van der Waals surface area contributed by atoms with Crippen LogP contribution in [0, 0.1) is 12.3 Å². The van der Waals surface area contributed by atoms with Crippen LogP contribution in [0.15, 0.2) is 24.3 Å². The molecule has 2 amide bonds. The first kappa shape index (κ1) is 17.5. The van der Waals surface area contributed by atoms with E-state index in [1.54, 1.807) is 0 Å². The number of nitrogens with one attached hydrogen (secondary N) is 1. The minimum Gasteiger partial charge on any atom is -0.351 e. The first-order chi connectivity index (χ1) is 11.0. The maximum atomic E-state index is 12.8. The lowest BCUT2D eigenvalue weighted by Crippen LogP contribution is -2.45. The number of amides is 2. The van der Waals surface area contributed by atoms with Crippen molar-refractivity contribution in [2.45, 2.75) is 53.0 Å². The molecular weight excluding hydrogens is 288 g/mol. The van der Waals surface area contributed by atoms with Crippen molar-refractivity contribution in [2.24, 2.45) is 5.41 Å². The maximum Gasteiger partial charge on any atom is 0.238 e. The van der Waals surface area contributed by atoms with Gasteiger partial charge in [-0.1, -0.05) is 43.7 Å². The molecule has 0 spiro atoms. The fraction of sp³-hybridized carbons (Fsp3) is 0.579. The highest BCUT2D eigenvalue weighted by Gasteiger charge is 2.57. The molecule has 0 aliphatic heterocycles. The first-order valence-electron chi connectivity index (χ1n) is 8.66. The lowest BCUT2D eigenvalue weighted by Gasteiger charge is -2.26. The molecule has 1 fully saturated rings. The second-order valence-corrected chi connectivity index (χ2v) is 6.55. The van der Waals surface area contributed by atoms with Gasteiger partial charge in [0.1, 0.15) is 5.41 Å². The van der Waals surface area contributed by atoms with Crippen molar-refractivity contribution in [2.75, 3.05) is 13.1 Å². The Morgan fingerprint density at radius 3 is 2.35 bits per heavy atom. The van der Waals surface area contributed by atoms with Gasteiger partial charge in [0.15, 0.2) is 0 Å². The van der Waals surface area contributed by atoms with Gasteiger partial charge in [-0.05, 0) is 38.2 Å². The topological polar surface area (TPSA) is 49.4 Å². The zero-order chi connectivity index (χ0) is 16.9. The molecule has 1 aromatic carbocycles. The molecule has 1 aliphatic rings. The molecule has 126 valence electrons. The summed E-state index contributed by atoms with van der Waals surface area (Å²) in [7, 11) is 0. The number of hydrogen-bond donors (Lipinski definition) is 1. The van der Waals surface area contributed by atoms with E-state index in [4.69, 9.17) is 0 Å². The van der Waals surface area contributed by atoms with Gasteiger partial charge in [0.25, 0.3) is 0 Å². The molecule has 23 heavy (non-hydrogen) atoms. The number of hydrogen-bond acceptors (Lipinski definition) is 2. The van der Waals surface area contributed by atoms with Crippen molar-refractivity contribution in [1.29, 1.82) is 0 Å². The molecule has 0 radical (unpaired) electrons. The van der Waals surface area contributed by atoms with Gasteiger partial charge >= 0.3 is 0 Å². The molecule has 4 heteroatoms. The van der Waals surface area contributed by atoms with Crippen LogP contribution in [-0.4, -0.2) is 29.8 Å². The lowest BCUT2D eigenvalue weighted by molar-refractivity contribution is -0.144. The Labute approximate surface area is 139 Å². The summed E-state index contributed by atoms with van der Waals surface area (Å²) in [6.07, 6.45) is 3.20. The van der Waals surface area contributed by atoms with Crippen LogP contribution in [0.3, 0.4) is 0 Å². The Hall–Kier alpha value is -1.84. The predicted molar refractivity (Wildman–Crippen MR) is 91.9 cm³/mol. The number of carbonyl (C=O) groups excluding carboxylic acids is 2. The van der Waals surface area contributed by atoms with E-state index >= 15 is 0 Å². The third kappa shape index (κ3) is 4.12. The lowest BCUT2D eigenvalue weighted by atomic mass is 10.0. The summed E-state index contributed by atoms with van der Waals surface area (Å²) in [5.74, 6) is -0.0934. The molecule has 0 saturated heterocycles. The minimum atomic E-state index is -0.797. The summed E-state index contributed by atoms with van der Waals surface area (Å²) in [6, 6.07) is 8.07. The zero-order valence-corrected chi connectivity index (χ0v) is 14.5.